The highest BCUT2D eigenvalue weighted by Crippen LogP contribution is 2.09. The van der Waals surface area contributed by atoms with Gasteiger partial charge in [0.1, 0.15) is 5.69 Å². The first-order chi connectivity index (χ1) is 6.20. The summed E-state index contributed by atoms with van der Waals surface area (Å²) in [4.78, 5) is 14.7. The lowest BCUT2D eigenvalue weighted by molar-refractivity contribution is 0.0685. The number of nitrogens with one attached hydrogen (secondary N) is 1. The molecular formula is C8H13N3O2. The van der Waals surface area contributed by atoms with Crippen LogP contribution in [0.1, 0.15) is 24.3 Å². The summed E-state index contributed by atoms with van der Waals surface area (Å²) >= 11 is 0. The predicted octanol–water partition coefficient (Wildman–Crippen LogP) is 1.03. The van der Waals surface area contributed by atoms with Crippen molar-refractivity contribution >= 4 is 11.9 Å². The lowest BCUT2D eigenvalue weighted by Crippen LogP contribution is -2.11. The SMILES string of the molecule is CCNc1ncc(C(=O)O)n1CC. The summed E-state index contributed by atoms with van der Waals surface area (Å²) in [6.07, 6.45) is 1.36. The summed E-state index contributed by atoms with van der Waals surface area (Å²) < 4.78 is 1.63. The number of carbonyl (C=O) groups is 1. The van der Waals surface area contributed by atoms with E-state index in [9.17, 15) is 4.79 Å². The molecule has 0 unspecified atom stereocenters. The molecule has 72 valence electrons. The fraction of sp³-hybridized carbons (Fsp3) is 0.500. The van der Waals surface area contributed by atoms with Gasteiger partial charge in [-0.15, -0.1) is 0 Å². The van der Waals surface area contributed by atoms with Crippen molar-refractivity contribution in [2.24, 2.45) is 0 Å². The molecule has 0 fully saturated rings. The summed E-state index contributed by atoms with van der Waals surface area (Å²) in [6, 6.07) is 0. The van der Waals surface area contributed by atoms with Crippen molar-refractivity contribution in [3.8, 4) is 0 Å². The van der Waals surface area contributed by atoms with Crippen LogP contribution < -0.4 is 5.32 Å². The molecule has 0 atom stereocenters. The number of aromatic nitrogens is 2. The number of imidazole rings is 1. The third kappa shape index (κ3) is 1.80. The molecule has 0 aliphatic heterocycles. The van der Waals surface area contributed by atoms with E-state index in [0.29, 0.717) is 12.5 Å². The minimum absolute atomic E-state index is 0.221. The van der Waals surface area contributed by atoms with Gasteiger partial charge in [0.25, 0.3) is 0 Å². The van der Waals surface area contributed by atoms with Gasteiger partial charge < -0.3 is 15.0 Å². The van der Waals surface area contributed by atoms with E-state index in [1.807, 2.05) is 13.8 Å². The first-order valence-corrected chi connectivity index (χ1v) is 4.23. The Hall–Kier alpha value is -1.52. The second kappa shape index (κ2) is 3.93. The Bertz CT molecular complexity index is 306. The van der Waals surface area contributed by atoms with Gasteiger partial charge in [-0.2, -0.15) is 0 Å². The van der Waals surface area contributed by atoms with E-state index in [0.717, 1.165) is 6.54 Å². The quantitative estimate of drug-likeness (QED) is 0.731. The zero-order valence-electron chi connectivity index (χ0n) is 7.74. The van der Waals surface area contributed by atoms with Crippen LogP contribution in [0.5, 0.6) is 0 Å². The summed E-state index contributed by atoms with van der Waals surface area (Å²) in [7, 11) is 0. The van der Waals surface area contributed by atoms with Crippen LogP contribution in [0.15, 0.2) is 6.20 Å². The largest absolute Gasteiger partial charge is 0.477 e. The molecule has 13 heavy (non-hydrogen) atoms. The first kappa shape index (κ1) is 9.57. The van der Waals surface area contributed by atoms with Crippen LogP contribution in [-0.4, -0.2) is 27.2 Å². The van der Waals surface area contributed by atoms with Crippen molar-refractivity contribution in [2.75, 3.05) is 11.9 Å². The molecule has 0 saturated carbocycles. The van der Waals surface area contributed by atoms with Crippen molar-refractivity contribution in [1.29, 1.82) is 0 Å². The maximum absolute atomic E-state index is 10.7. The highest BCUT2D eigenvalue weighted by Gasteiger charge is 2.12. The smallest absolute Gasteiger partial charge is 0.354 e. The first-order valence-electron chi connectivity index (χ1n) is 4.23. The van der Waals surface area contributed by atoms with E-state index in [1.54, 1.807) is 4.57 Å². The Morgan fingerprint density at radius 1 is 1.69 bits per heavy atom. The second-order valence-corrected chi connectivity index (χ2v) is 2.55. The van der Waals surface area contributed by atoms with E-state index in [-0.39, 0.29) is 5.69 Å². The predicted molar refractivity (Wildman–Crippen MR) is 49.0 cm³/mol. The molecule has 0 spiro atoms. The highest BCUT2D eigenvalue weighted by atomic mass is 16.4. The maximum atomic E-state index is 10.7. The zero-order chi connectivity index (χ0) is 9.84. The number of hydrogen-bond donors (Lipinski definition) is 2. The van der Waals surface area contributed by atoms with Crippen molar-refractivity contribution in [3.63, 3.8) is 0 Å². The average Bonchev–Trinajstić information content (AvgIpc) is 2.48. The summed E-state index contributed by atoms with van der Waals surface area (Å²) in [5, 5.41) is 11.8. The molecule has 5 heteroatoms. The van der Waals surface area contributed by atoms with Crippen LogP contribution in [0.4, 0.5) is 5.95 Å². The van der Waals surface area contributed by atoms with Crippen LogP contribution in [0, 0.1) is 0 Å². The normalized spacial score (nSPS) is 10.0. The van der Waals surface area contributed by atoms with Crippen molar-refractivity contribution in [2.45, 2.75) is 20.4 Å². The molecule has 5 nitrogen and oxygen atoms in total. The van der Waals surface area contributed by atoms with Gasteiger partial charge in [0.15, 0.2) is 0 Å². The van der Waals surface area contributed by atoms with Crippen LogP contribution in [0.3, 0.4) is 0 Å². The Morgan fingerprint density at radius 3 is 2.85 bits per heavy atom. The highest BCUT2D eigenvalue weighted by molar-refractivity contribution is 5.86. The standard InChI is InChI=1S/C8H13N3O2/c1-3-9-8-10-5-6(7(12)13)11(8)4-2/h5H,3-4H2,1-2H3,(H,9,10)(H,12,13). The molecular weight excluding hydrogens is 170 g/mol. The van der Waals surface area contributed by atoms with Gasteiger partial charge in [0.2, 0.25) is 5.95 Å². The second-order valence-electron chi connectivity index (χ2n) is 2.55. The van der Waals surface area contributed by atoms with Gasteiger partial charge in [-0.05, 0) is 13.8 Å². The summed E-state index contributed by atoms with van der Waals surface area (Å²) in [5.41, 5.74) is 0.221. The van der Waals surface area contributed by atoms with Gasteiger partial charge >= 0.3 is 5.97 Å². The topological polar surface area (TPSA) is 67.2 Å². The van der Waals surface area contributed by atoms with Crippen LogP contribution in [-0.2, 0) is 6.54 Å². The number of nitrogens with zero attached hydrogens (tertiary/aromatic N) is 2. The van der Waals surface area contributed by atoms with Crippen LogP contribution >= 0.6 is 0 Å². The van der Waals surface area contributed by atoms with Crippen molar-refractivity contribution in [3.05, 3.63) is 11.9 Å². The number of anilines is 1. The van der Waals surface area contributed by atoms with Gasteiger partial charge in [-0.25, -0.2) is 9.78 Å². The van der Waals surface area contributed by atoms with Gasteiger partial charge in [-0.3, -0.25) is 0 Å². The molecule has 1 aromatic rings. The maximum Gasteiger partial charge on any atom is 0.354 e. The Balaban J connectivity index is 3.03. The molecule has 0 aromatic carbocycles. The van der Waals surface area contributed by atoms with Gasteiger partial charge in [0, 0.05) is 13.1 Å². The molecule has 2 N–H and O–H groups in total. The molecule has 0 aliphatic carbocycles. The summed E-state index contributed by atoms with van der Waals surface area (Å²) in [5.74, 6) is -0.332. The van der Waals surface area contributed by atoms with Crippen molar-refractivity contribution < 1.29 is 9.90 Å². The fourth-order valence-electron chi connectivity index (χ4n) is 1.17. The minimum atomic E-state index is -0.946. The molecule has 1 heterocycles. The molecule has 0 aliphatic rings. The third-order valence-corrected chi connectivity index (χ3v) is 1.73. The number of carboxylic acids is 1. The minimum Gasteiger partial charge on any atom is -0.477 e. The molecule has 0 amide bonds. The van der Waals surface area contributed by atoms with Gasteiger partial charge in [0.05, 0.1) is 6.20 Å². The summed E-state index contributed by atoms with van der Waals surface area (Å²) in [6.45, 7) is 5.16. The van der Waals surface area contributed by atoms with Crippen molar-refractivity contribution in [1.82, 2.24) is 9.55 Å². The van der Waals surface area contributed by atoms with E-state index in [2.05, 4.69) is 10.3 Å². The van der Waals surface area contributed by atoms with E-state index in [4.69, 9.17) is 5.11 Å². The Kier molecular flexibility index (Phi) is 2.89. The Morgan fingerprint density at radius 2 is 2.38 bits per heavy atom. The number of hydrogen-bond acceptors (Lipinski definition) is 3. The average molecular weight is 183 g/mol. The van der Waals surface area contributed by atoms with Crippen LogP contribution in [0.25, 0.3) is 0 Å². The van der Waals surface area contributed by atoms with E-state index >= 15 is 0 Å². The molecule has 0 radical (unpaired) electrons. The Labute approximate surface area is 76.4 Å². The fourth-order valence-corrected chi connectivity index (χ4v) is 1.17. The number of aromatic carboxylic acids is 1. The molecule has 1 aromatic heterocycles. The lowest BCUT2D eigenvalue weighted by atomic mass is 10.4. The van der Waals surface area contributed by atoms with E-state index in [1.165, 1.54) is 6.20 Å². The van der Waals surface area contributed by atoms with E-state index < -0.39 is 5.97 Å². The third-order valence-electron chi connectivity index (χ3n) is 1.73. The zero-order valence-corrected chi connectivity index (χ0v) is 7.74. The molecule has 1 rings (SSSR count). The van der Waals surface area contributed by atoms with Crippen LogP contribution in [0.2, 0.25) is 0 Å². The number of carboxylic acid groups (broad SMARTS) is 1. The van der Waals surface area contributed by atoms with Gasteiger partial charge in [-0.1, -0.05) is 0 Å². The molecule has 0 saturated heterocycles. The monoisotopic (exact) mass is 183 g/mol. The lowest BCUT2D eigenvalue weighted by Gasteiger charge is -2.06. The molecule has 0 bridgehead atoms. The number of rotatable bonds is 4.